The lowest BCUT2D eigenvalue weighted by Gasteiger charge is -2.11. The Morgan fingerprint density at radius 1 is 1.06 bits per heavy atom. The molecule has 0 aliphatic rings. The molecule has 0 spiro atoms. The molecule has 1 aromatic heterocycles. The Hall–Kier alpha value is -4.66. The van der Waals surface area contributed by atoms with Crippen LogP contribution in [0, 0.1) is 6.92 Å². The number of aromatic amines is 1. The number of amides is 1. The first-order chi connectivity index (χ1) is 16.4. The van der Waals surface area contributed by atoms with E-state index in [9.17, 15) is 14.4 Å². The molecule has 0 unspecified atom stereocenters. The van der Waals surface area contributed by atoms with Crippen LogP contribution < -0.4 is 26.0 Å². The quantitative estimate of drug-likeness (QED) is 0.413. The molecule has 3 aromatic carbocycles. The standard InChI is InChI=1S/C25H22N4O5/c1-16-7-10-18(11-8-16)27-23(30)15-34-21-12-9-17(13-22(21)33-2)14-26-29-24(31)19-5-3-4-6-20(19)28-25(29)32/h3-14H,15H2,1-2H3,(H,27,30)(H,28,32). The van der Waals surface area contributed by atoms with Crippen LogP contribution in [-0.2, 0) is 4.79 Å². The molecule has 0 saturated heterocycles. The Morgan fingerprint density at radius 3 is 2.59 bits per heavy atom. The summed E-state index contributed by atoms with van der Waals surface area (Å²) in [6.45, 7) is 1.76. The summed E-state index contributed by atoms with van der Waals surface area (Å²) in [5, 5.41) is 7.14. The molecule has 0 saturated carbocycles. The largest absolute Gasteiger partial charge is 0.493 e. The minimum absolute atomic E-state index is 0.209. The molecule has 172 valence electrons. The highest BCUT2D eigenvalue weighted by Gasteiger charge is 2.10. The van der Waals surface area contributed by atoms with Crippen LogP contribution in [0.1, 0.15) is 11.1 Å². The maximum Gasteiger partial charge on any atom is 0.349 e. The normalized spacial score (nSPS) is 11.0. The Balaban J connectivity index is 1.48. The molecule has 0 bridgehead atoms. The summed E-state index contributed by atoms with van der Waals surface area (Å²) in [7, 11) is 1.47. The van der Waals surface area contributed by atoms with Gasteiger partial charge in [0, 0.05) is 5.69 Å². The second-order valence-corrected chi connectivity index (χ2v) is 7.45. The van der Waals surface area contributed by atoms with Gasteiger partial charge in [0.15, 0.2) is 18.1 Å². The molecule has 0 atom stereocenters. The van der Waals surface area contributed by atoms with Crippen LogP contribution >= 0.6 is 0 Å². The number of aryl methyl sites for hydroxylation is 1. The van der Waals surface area contributed by atoms with Crippen molar-refractivity contribution in [3.63, 3.8) is 0 Å². The minimum Gasteiger partial charge on any atom is -0.493 e. The van der Waals surface area contributed by atoms with Gasteiger partial charge in [-0.25, -0.2) is 4.79 Å². The van der Waals surface area contributed by atoms with Crippen molar-refractivity contribution in [2.24, 2.45) is 5.10 Å². The summed E-state index contributed by atoms with van der Waals surface area (Å²) in [5.41, 5.74) is 1.61. The number of ether oxygens (including phenoxy) is 2. The van der Waals surface area contributed by atoms with E-state index in [-0.39, 0.29) is 12.5 Å². The van der Waals surface area contributed by atoms with Crippen LogP contribution in [-0.4, -0.2) is 35.5 Å². The van der Waals surface area contributed by atoms with Crippen molar-refractivity contribution in [1.82, 2.24) is 9.66 Å². The third-order valence-electron chi connectivity index (χ3n) is 4.99. The number of para-hydroxylation sites is 1. The molecule has 4 aromatic rings. The lowest BCUT2D eigenvalue weighted by Crippen LogP contribution is -2.32. The van der Waals surface area contributed by atoms with Crippen molar-refractivity contribution in [3.05, 3.63) is 98.7 Å². The number of hydrogen-bond donors (Lipinski definition) is 2. The number of nitrogens with zero attached hydrogens (tertiary/aromatic N) is 2. The van der Waals surface area contributed by atoms with Crippen molar-refractivity contribution in [3.8, 4) is 11.5 Å². The molecule has 1 heterocycles. The summed E-state index contributed by atoms with van der Waals surface area (Å²) in [5.74, 6) is 0.415. The average molecular weight is 458 g/mol. The number of rotatable bonds is 7. The minimum atomic E-state index is -0.647. The summed E-state index contributed by atoms with van der Waals surface area (Å²) >= 11 is 0. The van der Waals surface area contributed by atoms with E-state index in [0.29, 0.717) is 33.7 Å². The Kier molecular flexibility index (Phi) is 6.54. The van der Waals surface area contributed by atoms with Gasteiger partial charge in [-0.15, -0.1) is 4.68 Å². The number of aromatic nitrogens is 2. The smallest absolute Gasteiger partial charge is 0.349 e. The summed E-state index contributed by atoms with van der Waals surface area (Å²) < 4.78 is 11.7. The van der Waals surface area contributed by atoms with Crippen LogP contribution in [0.3, 0.4) is 0 Å². The van der Waals surface area contributed by atoms with E-state index in [2.05, 4.69) is 15.4 Å². The third kappa shape index (κ3) is 5.04. The zero-order valence-electron chi connectivity index (χ0n) is 18.6. The average Bonchev–Trinajstić information content (AvgIpc) is 2.84. The molecule has 0 aliphatic carbocycles. The van der Waals surface area contributed by atoms with Gasteiger partial charge in [0.2, 0.25) is 0 Å². The SMILES string of the molecule is COc1cc(C=Nn2c(=O)[nH]c3ccccc3c2=O)ccc1OCC(=O)Nc1ccc(C)cc1. The van der Waals surface area contributed by atoms with E-state index >= 15 is 0 Å². The lowest BCUT2D eigenvalue weighted by atomic mass is 10.2. The van der Waals surface area contributed by atoms with Crippen LogP contribution in [0.25, 0.3) is 10.9 Å². The number of fused-ring (bicyclic) bond motifs is 1. The molecule has 2 N–H and O–H groups in total. The number of H-pyrrole nitrogens is 1. The van der Waals surface area contributed by atoms with E-state index in [0.717, 1.165) is 10.2 Å². The van der Waals surface area contributed by atoms with Gasteiger partial charge in [-0.3, -0.25) is 9.59 Å². The topological polar surface area (TPSA) is 115 Å². The summed E-state index contributed by atoms with van der Waals surface area (Å²) in [6, 6.07) is 19.0. The van der Waals surface area contributed by atoms with Gasteiger partial charge >= 0.3 is 5.69 Å². The Bertz CT molecular complexity index is 1490. The van der Waals surface area contributed by atoms with Gasteiger partial charge in [0.05, 0.1) is 24.2 Å². The fraction of sp³-hybridized carbons (Fsp3) is 0.120. The fourth-order valence-electron chi connectivity index (χ4n) is 3.24. The van der Waals surface area contributed by atoms with Gasteiger partial charge in [-0.1, -0.05) is 29.8 Å². The lowest BCUT2D eigenvalue weighted by molar-refractivity contribution is -0.118. The molecule has 34 heavy (non-hydrogen) atoms. The number of carbonyl (C=O) groups is 1. The highest BCUT2D eigenvalue weighted by atomic mass is 16.5. The van der Waals surface area contributed by atoms with Gasteiger partial charge in [-0.2, -0.15) is 5.10 Å². The Morgan fingerprint density at radius 2 is 1.82 bits per heavy atom. The molecule has 9 heteroatoms. The van der Waals surface area contributed by atoms with Crippen molar-refractivity contribution in [2.75, 3.05) is 19.0 Å². The monoisotopic (exact) mass is 458 g/mol. The Labute approximate surface area is 194 Å². The summed E-state index contributed by atoms with van der Waals surface area (Å²) in [6.07, 6.45) is 1.36. The molecule has 0 aliphatic heterocycles. The van der Waals surface area contributed by atoms with Crippen LogP contribution in [0.2, 0.25) is 0 Å². The van der Waals surface area contributed by atoms with Crippen LogP contribution in [0.5, 0.6) is 11.5 Å². The van der Waals surface area contributed by atoms with E-state index in [1.54, 1.807) is 42.5 Å². The van der Waals surface area contributed by atoms with E-state index in [1.807, 2.05) is 31.2 Å². The first kappa shape index (κ1) is 22.5. The number of methoxy groups -OCH3 is 1. The maximum absolute atomic E-state index is 12.6. The third-order valence-corrected chi connectivity index (χ3v) is 4.99. The first-order valence-corrected chi connectivity index (χ1v) is 10.4. The second kappa shape index (κ2) is 9.86. The highest BCUT2D eigenvalue weighted by Crippen LogP contribution is 2.27. The predicted molar refractivity (Wildman–Crippen MR) is 130 cm³/mol. The van der Waals surface area contributed by atoms with E-state index < -0.39 is 11.2 Å². The molecule has 4 rings (SSSR count). The van der Waals surface area contributed by atoms with E-state index in [1.165, 1.54) is 13.3 Å². The second-order valence-electron chi connectivity index (χ2n) is 7.45. The maximum atomic E-state index is 12.6. The summed E-state index contributed by atoms with van der Waals surface area (Å²) in [4.78, 5) is 39.7. The molecular formula is C25H22N4O5. The zero-order chi connectivity index (χ0) is 24.1. The zero-order valence-corrected chi connectivity index (χ0v) is 18.6. The molecular weight excluding hydrogens is 436 g/mol. The molecule has 0 fully saturated rings. The van der Waals surface area contributed by atoms with Crippen molar-refractivity contribution < 1.29 is 14.3 Å². The molecule has 1 amide bonds. The van der Waals surface area contributed by atoms with Crippen LogP contribution in [0.15, 0.2) is 81.4 Å². The molecule has 0 radical (unpaired) electrons. The van der Waals surface area contributed by atoms with Gasteiger partial charge in [0.1, 0.15) is 0 Å². The first-order valence-electron chi connectivity index (χ1n) is 10.4. The molecule has 9 nitrogen and oxygen atoms in total. The highest BCUT2D eigenvalue weighted by molar-refractivity contribution is 5.92. The van der Waals surface area contributed by atoms with Crippen molar-refractivity contribution in [1.29, 1.82) is 0 Å². The number of hydrogen-bond acceptors (Lipinski definition) is 6. The van der Waals surface area contributed by atoms with Crippen LogP contribution in [0.4, 0.5) is 5.69 Å². The number of nitrogens with one attached hydrogen (secondary N) is 2. The van der Waals surface area contributed by atoms with Crippen molar-refractivity contribution in [2.45, 2.75) is 6.92 Å². The number of carbonyl (C=O) groups excluding carboxylic acids is 1. The predicted octanol–water partition coefficient (Wildman–Crippen LogP) is 2.91. The van der Waals surface area contributed by atoms with Gasteiger partial charge < -0.3 is 19.8 Å². The van der Waals surface area contributed by atoms with E-state index in [4.69, 9.17) is 9.47 Å². The van der Waals surface area contributed by atoms with Crippen molar-refractivity contribution >= 4 is 28.7 Å². The number of anilines is 1. The van der Waals surface area contributed by atoms with Gasteiger partial charge in [0.25, 0.3) is 11.5 Å². The number of benzene rings is 3. The van der Waals surface area contributed by atoms with Gasteiger partial charge in [-0.05, 0) is 55.0 Å². The fourth-order valence-corrected chi connectivity index (χ4v) is 3.24.